The molecule has 1 aromatic carbocycles. The summed E-state index contributed by atoms with van der Waals surface area (Å²) in [5.41, 5.74) is 1.51. The van der Waals surface area contributed by atoms with E-state index in [4.69, 9.17) is 10.5 Å². The fourth-order valence-electron chi connectivity index (χ4n) is 1.53. The number of hydrogen-bond donors (Lipinski definition) is 0. The molecule has 0 bridgehead atoms. The van der Waals surface area contributed by atoms with Crippen LogP contribution >= 0.6 is 15.9 Å². The van der Waals surface area contributed by atoms with Gasteiger partial charge in [0.1, 0.15) is 12.1 Å². The van der Waals surface area contributed by atoms with Crippen LogP contribution in [0.5, 0.6) is 0 Å². The number of nitrogens with zero attached hydrogens (tertiary/aromatic N) is 4. The fourth-order valence-corrected chi connectivity index (χ4v) is 1.98. The largest absolute Gasteiger partial charge is 0.317 e. The van der Waals surface area contributed by atoms with Gasteiger partial charge in [-0.25, -0.2) is 4.98 Å². The van der Waals surface area contributed by atoms with Gasteiger partial charge in [0.25, 0.3) is 0 Å². The number of nitriles is 2. The molecule has 0 radical (unpaired) electrons. The Morgan fingerprint density at radius 3 is 2.76 bits per heavy atom. The molecule has 0 N–H and O–H groups in total. The molecule has 0 fully saturated rings. The Kier molecular flexibility index (Phi) is 3.22. The van der Waals surface area contributed by atoms with Crippen LogP contribution in [0.1, 0.15) is 17.0 Å². The number of halogens is 1. The summed E-state index contributed by atoms with van der Waals surface area (Å²) in [6.07, 6.45) is 1.51. The molecule has 17 heavy (non-hydrogen) atoms. The third kappa shape index (κ3) is 2.35. The Balaban J connectivity index is 2.35. The van der Waals surface area contributed by atoms with Gasteiger partial charge in [-0.2, -0.15) is 10.5 Å². The van der Waals surface area contributed by atoms with Crippen LogP contribution in [0.25, 0.3) is 0 Å². The van der Waals surface area contributed by atoms with Gasteiger partial charge in [0, 0.05) is 11.0 Å². The maximum Gasteiger partial charge on any atom is 0.176 e. The molecule has 0 amide bonds. The second-order valence-electron chi connectivity index (χ2n) is 3.42. The molecule has 0 aliphatic heterocycles. The summed E-state index contributed by atoms with van der Waals surface area (Å²) in [4.78, 5) is 3.89. The quantitative estimate of drug-likeness (QED) is 0.852. The van der Waals surface area contributed by atoms with E-state index in [-0.39, 0.29) is 5.69 Å². The molecule has 0 saturated carbocycles. The molecular weight excluding hydrogens is 280 g/mol. The maximum absolute atomic E-state index is 8.98. The molecule has 2 aromatic rings. The number of imidazole rings is 1. The summed E-state index contributed by atoms with van der Waals surface area (Å²) in [6, 6.07) is 11.7. The number of hydrogen-bond acceptors (Lipinski definition) is 3. The number of aromatic nitrogens is 2. The summed E-state index contributed by atoms with van der Waals surface area (Å²) >= 11 is 3.39. The smallest absolute Gasteiger partial charge is 0.176 e. The van der Waals surface area contributed by atoms with Crippen molar-refractivity contribution >= 4 is 15.9 Å². The second-order valence-corrected chi connectivity index (χ2v) is 4.34. The molecule has 0 spiro atoms. The SMILES string of the molecule is N#Cc1ncn(Cc2cccc(Br)c2)c1C#N. The fraction of sp³-hybridized carbons (Fsp3) is 0.0833. The third-order valence-electron chi connectivity index (χ3n) is 2.29. The molecule has 0 aliphatic rings. The van der Waals surface area contributed by atoms with E-state index in [0.717, 1.165) is 10.0 Å². The van der Waals surface area contributed by atoms with Crippen molar-refractivity contribution in [1.29, 1.82) is 10.5 Å². The van der Waals surface area contributed by atoms with Crippen LogP contribution in [-0.4, -0.2) is 9.55 Å². The minimum Gasteiger partial charge on any atom is -0.317 e. The first kappa shape index (κ1) is 11.4. The first-order valence-corrected chi connectivity index (χ1v) is 5.63. The number of rotatable bonds is 2. The normalized spacial score (nSPS) is 9.59. The monoisotopic (exact) mass is 286 g/mol. The van der Waals surface area contributed by atoms with Crippen molar-refractivity contribution in [3.63, 3.8) is 0 Å². The molecule has 0 unspecified atom stereocenters. The van der Waals surface area contributed by atoms with Crippen LogP contribution < -0.4 is 0 Å². The van der Waals surface area contributed by atoms with E-state index in [2.05, 4.69) is 20.9 Å². The van der Waals surface area contributed by atoms with Crippen molar-refractivity contribution in [3.05, 3.63) is 52.0 Å². The van der Waals surface area contributed by atoms with Gasteiger partial charge in [-0.15, -0.1) is 0 Å². The van der Waals surface area contributed by atoms with Gasteiger partial charge < -0.3 is 4.57 Å². The zero-order valence-electron chi connectivity index (χ0n) is 8.76. The van der Waals surface area contributed by atoms with E-state index in [9.17, 15) is 0 Å². The standard InChI is InChI=1S/C12H7BrN4/c13-10-3-1-2-9(4-10)7-17-8-16-11(5-14)12(17)6-15/h1-4,8H,7H2. The molecule has 0 saturated heterocycles. The Bertz CT molecular complexity index is 631. The van der Waals surface area contributed by atoms with Gasteiger partial charge in [0.2, 0.25) is 0 Å². The Labute approximate surface area is 107 Å². The minimum atomic E-state index is 0.169. The minimum absolute atomic E-state index is 0.169. The van der Waals surface area contributed by atoms with Crippen LogP contribution in [0.3, 0.4) is 0 Å². The second kappa shape index (κ2) is 4.82. The van der Waals surface area contributed by atoms with Crippen LogP contribution in [-0.2, 0) is 6.54 Å². The van der Waals surface area contributed by atoms with E-state index in [1.807, 2.05) is 36.4 Å². The lowest BCUT2D eigenvalue weighted by atomic mass is 10.2. The summed E-state index contributed by atoms with van der Waals surface area (Å²) in [5, 5.41) is 17.8. The topological polar surface area (TPSA) is 65.4 Å². The zero-order valence-corrected chi connectivity index (χ0v) is 10.3. The lowest BCUT2D eigenvalue weighted by Crippen LogP contribution is -2.01. The highest BCUT2D eigenvalue weighted by atomic mass is 79.9. The Morgan fingerprint density at radius 2 is 2.12 bits per heavy atom. The van der Waals surface area contributed by atoms with Gasteiger partial charge in [-0.3, -0.25) is 0 Å². The first-order valence-electron chi connectivity index (χ1n) is 4.84. The molecule has 4 nitrogen and oxygen atoms in total. The highest BCUT2D eigenvalue weighted by molar-refractivity contribution is 9.10. The van der Waals surface area contributed by atoms with Gasteiger partial charge in [-0.1, -0.05) is 28.1 Å². The van der Waals surface area contributed by atoms with Crippen molar-refractivity contribution < 1.29 is 0 Å². The van der Waals surface area contributed by atoms with E-state index < -0.39 is 0 Å². The lowest BCUT2D eigenvalue weighted by molar-refractivity contribution is 0.785. The summed E-state index contributed by atoms with van der Waals surface area (Å²) < 4.78 is 2.65. The lowest BCUT2D eigenvalue weighted by Gasteiger charge is -2.04. The van der Waals surface area contributed by atoms with E-state index in [1.54, 1.807) is 4.57 Å². The third-order valence-corrected chi connectivity index (χ3v) is 2.78. The van der Waals surface area contributed by atoms with E-state index in [0.29, 0.717) is 12.2 Å². The molecule has 0 aliphatic carbocycles. The summed E-state index contributed by atoms with van der Waals surface area (Å²) in [5.74, 6) is 0. The highest BCUT2D eigenvalue weighted by Gasteiger charge is 2.09. The molecule has 2 rings (SSSR count). The van der Waals surface area contributed by atoms with Crippen molar-refractivity contribution in [2.45, 2.75) is 6.54 Å². The van der Waals surface area contributed by atoms with Gasteiger partial charge in [0.05, 0.1) is 6.33 Å². The Morgan fingerprint density at radius 1 is 1.29 bits per heavy atom. The Hall–Kier alpha value is -2.11. The van der Waals surface area contributed by atoms with Crippen molar-refractivity contribution in [1.82, 2.24) is 9.55 Å². The molecule has 5 heteroatoms. The maximum atomic E-state index is 8.98. The van der Waals surface area contributed by atoms with Crippen LogP contribution in [0.2, 0.25) is 0 Å². The van der Waals surface area contributed by atoms with Crippen LogP contribution in [0, 0.1) is 22.7 Å². The molecule has 82 valence electrons. The highest BCUT2D eigenvalue weighted by Crippen LogP contribution is 2.14. The molecule has 1 heterocycles. The van der Waals surface area contributed by atoms with Crippen molar-refractivity contribution in [3.8, 4) is 12.1 Å². The van der Waals surface area contributed by atoms with Crippen LogP contribution in [0.4, 0.5) is 0 Å². The molecule has 1 aromatic heterocycles. The van der Waals surface area contributed by atoms with Crippen molar-refractivity contribution in [2.75, 3.05) is 0 Å². The van der Waals surface area contributed by atoms with Gasteiger partial charge in [-0.05, 0) is 17.7 Å². The zero-order chi connectivity index (χ0) is 12.3. The molecular formula is C12H7BrN4. The average Bonchev–Trinajstić information content (AvgIpc) is 2.71. The van der Waals surface area contributed by atoms with Crippen LogP contribution in [0.15, 0.2) is 35.1 Å². The summed E-state index contributed by atoms with van der Waals surface area (Å²) in [6.45, 7) is 0.525. The first-order chi connectivity index (χ1) is 8.24. The predicted molar refractivity (Wildman–Crippen MR) is 64.9 cm³/mol. The average molecular weight is 287 g/mol. The van der Waals surface area contributed by atoms with E-state index in [1.165, 1.54) is 6.33 Å². The summed E-state index contributed by atoms with van der Waals surface area (Å²) in [7, 11) is 0. The van der Waals surface area contributed by atoms with E-state index >= 15 is 0 Å². The predicted octanol–water partition coefficient (Wildman–Crippen LogP) is 2.44. The number of benzene rings is 1. The molecule has 0 atom stereocenters. The van der Waals surface area contributed by atoms with Gasteiger partial charge >= 0.3 is 0 Å². The van der Waals surface area contributed by atoms with Gasteiger partial charge in [0.15, 0.2) is 11.4 Å². The van der Waals surface area contributed by atoms with Crippen molar-refractivity contribution in [2.24, 2.45) is 0 Å².